The Hall–Kier alpha value is -0.290. The van der Waals surface area contributed by atoms with Crippen LogP contribution in [0, 0.1) is 0 Å². The third kappa shape index (κ3) is 5.84. The van der Waals surface area contributed by atoms with Crippen molar-refractivity contribution in [1.82, 2.24) is 5.32 Å². The fourth-order valence-corrected chi connectivity index (χ4v) is 0.378. The summed E-state index contributed by atoms with van der Waals surface area (Å²) in [4.78, 5) is 0. The number of alkyl halides is 3. The summed E-state index contributed by atoms with van der Waals surface area (Å²) >= 11 is 0. The zero-order valence-electron chi connectivity index (χ0n) is 5.57. The van der Waals surface area contributed by atoms with E-state index in [1.54, 1.807) is 6.92 Å². The predicted molar refractivity (Wildman–Crippen MR) is 30.4 cm³/mol. The molecule has 5 heteroatoms. The Labute approximate surface area is 57.0 Å². The van der Waals surface area contributed by atoms with Crippen molar-refractivity contribution in [3.05, 3.63) is 0 Å². The Balaban J connectivity index is 3.36. The summed E-state index contributed by atoms with van der Waals surface area (Å²) in [6.07, 6.45) is -5.02. The molecule has 0 saturated carbocycles. The van der Waals surface area contributed by atoms with Crippen LogP contribution < -0.4 is 5.32 Å². The molecule has 0 heterocycles. The van der Waals surface area contributed by atoms with Gasteiger partial charge in [-0.1, -0.05) is 6.92 Å². The SMILES string of the molecule is CCC(O)NCC(F)(F)F. The zero-order chi connectivity index (χ0) is 8.20. The number of rotatable bonds is 3. The molecular formula is C5H10F3NO. The molecule has 0 aromatic carbocycles. The molecule has 0 radical (unpaired) electrons. The summed E-state index contributed by atoms with van der Waals surface area (Å²) in [5.74, 6) is 0. The minimum absolute atomic E-state index is 0.274. The van der Waals surface area contributed by atoms with Crippen LogP contribution in [0.1, 0.15) is 13.3 Å². The van der Waals surface area contributed by atoms with E-state index in [1.807, 2.05) is 5.32 Å². The van der Waals surface area contributed by atoms with Gasteiger partial charge in [-0.2, -0.15) is 13.2 Å². The number of nitrogens with one attached hydrogen (secondary N) is 1. The van der Waals surface area contributed by atoms with E-state index in [2.05, 4.69) is 0 Å². The first-order chi connectivity index (χ1) is 4.45. The normalized spacial score (nSPS) is 15.3. The average Bonchev–Trinajstić information content (AvgIpc) is 1.81. The van der Waals surface area contributed by atoms with Crippen molar-refractivity contribution in [3.63, 3.8) is 0 Å². The summed E-state index contributed by atoms with van der Waals surface area (Å²) in [6.45, 7) is 0.454. The van der Waals surface area contributed by atoms with E-state index >= 15 is 0 Å². The van der Waals surface area contributed by atoms with Gasteiger partial charge in [-0.3, -0.25) is 5.32 Å². The molecule has 0 aliphatic heterocycles. The molecule has 1 atom stereocenters. The Bertz CT molecular complexity index is 93.4. The molecule has 0 rings (SSSR count). The Kier molecular flexibility index (Phi) is 3.67. The first-order valence-electron chi connectivity index (χ1n) is 2.94. The number of aliphatic hydroxyl groups is 1. The van der Waals surface area contributed by atoms with Gasteiger partial charge in [-0.25, -0.2) is 0 Å². The highest BCUT2D eigenvalue weighted by Crippen LogP contribution is 2.12. The van der Waals surface area contributed by atoms with Crippen LogP contribution in [-0.2, 0) is 0 Å². The molecule has 1 unspecified atom stereocenters. The molecular weight excluding hydrogens is 147 g/mol. The van der Waals surface area contributed by atoms with Crippen molar-refractivity contribution in [2.45, 2.75) is 25.7 Å². The van der Waals surface area contributed by atoms with Crippen LogP contribution in [0.4, 0.5) is 13.2 Å². The topological polar surface area (TPSA) is 32.3 Å². The smallest absolute Gasteiger partial charge is 0.379 e. The quantitative estimate of drug-likeness (QED) is 0.595. The summed E-state index contributed by atoms with van der Waals surface area (Å²) in [5.41, 5.74) is 0. The van der Waals surface area contributed by atoms with Gasteiger partial charge in [0, 0.05) is 0 Å². The highest BCUT2D eigenvalue weighted by atomic mass is 19.4. The lowest BCUT2D eigenvalue weighted by molar-refractivity contribution is -0.131. The molecule has 0 fully saturated rings. The Morgan fingerprint density at radius 1 is 1.50 bits per heavy atom. The van der Waals surface area contributed by atoms with Gasteiger partial charge in [-0.05, 0) is 6.42 Å². The van der Waals surface area contributed by atoms with Crippen molar-refractivity contribution in [1.29, 1.82) is 0 Å². The fourth-order valence-electron chi connectivity index (χ4n) is 0.378. The van der Waals surface area contributed by atoms with E-state index in [0.717, 1.165) is 0 Å². The maximum Gasteiger partial charge on any atom is 0.401 e. The van der Waals surface area contributed by atoms with Crippen LogP contribution >= 0.6 is 0 Å². The van der Waals surface area contributed by atoms with Gasteiger partial charge in [0.05, 0.1) is 6.54 Å². The second kappa shape index (κ2) is 3.78. The molecule has 0 bridgehead atoms. The van der Waals surface area contributed by atoms with E-state index in [-0.39, 0.29) is 6.42 Å². The van der Waals surface area contributed by atoms with Crippen molar-refractivity contribution in [3.8, 4) is 0 Å². The van der Waals surface area contributed by atoms with Crippen molar-refractivity contribution >= 4 is 0 Å². The van der Waals surface area contributed by atoms with Gasteiger partial charge in [0.2, 0.25) is 0 Å². The van der Waals surface area contributed by atoms with E-state index in [0.29, 0.717) is 0 Å². The molecule has 0 aliphatic rings. The van der Waals surface area contributed by atoms with Crippen molar-refractivity contribution in [2.75, 3.05) is 6.54 Å². The van der Waals surface area contributed by atoms with E-state index in [4.69, 9.17) is 5.11 Å². The third-order valence-corrected chi connectivity index (χ3v) is 0.925. The highest BCUT2D eigenvalue weighted by Gasteiger charge is 2.27. The lowest BCUT2D eigenvalue weighted by Crippen LogP contribution is -2.36. The molecule has 0 aromatic rings. The van der Waals surface area contributed by atoms with Gasteiger partial charge in [0.25, 0.3) is 0 Å². The van der Waals surface area contributed by atoms with Crippen LogP contribution in [-0.4, -0.2) is 24.1 Å². The van der Waals surface area contributed by atoms with Crippen LogP contribution in [0.3, 0.4) is 0 Å². The average molecular weight is 157 g/mol. The molecule has 10 heavy (non-hydrogen) atoms. The predicted octanol–water partition coefficient (Wildman–Crippen LogP) is 0.867. The van der Waals surface area contributed by atoms with Crippen LogP contribution in [0.5, 0.6) is 0 Å². The van der Waals surface area contributed by atoms with E-state index in [1.165, 1.54) is 0 Å². The lowest BCUT2D eigenvalue weighted by atomic mass is 10.4. The first kappa shape index (κ1) is 9.71. The Morgan fingerprint density at radius 2 is 2.00 bits per heavy atom. The van der Waals surface area contributed by atoms with Crippen LogP contribution in [0.25, 0.3) is 0 Å². The number of aliphatic hydroxyl groups excluding tert-OH is 1. The maximum absolute atomic E-state index is 11.4. The van der Waals surface area contributed by atoms with Gasteiger partial charge in [0.15, 0.2) is 0 Å². The molecule has 0 amide bonds. The maximum atomic E-state index is 11.4. The number of halogens is 3. The van der Waals surface area contributed by atoms with Gasteiger partial charge in [-0.15, -0.1) is 0 Å². The van der Waals surface area contributed by atoms with Gasteiger partial charge in [0.1, 0.15) is 6.23 Å². The first-order valence-corrected chi connectivity index (χ1v) is 2.94. The molecule has 0 aromatic heterocycles. The number of hydrogen-bond donors (Lipinski definition) is 2. The molecule has 0 saturated heterocycles. The van der Waals surface area contributed by atoms with Gasteiger partial charge < -0.3 is 5.11 Å². The second-order valence-corrected chi connectivity index (χ2v) is 1.92. The number of hydrogen-bond acceptors (Lipinski definition) is 2. The lowest BCUT2D eigenvalue weighted by Gasteiger charge is -2.11. The standard InChI is InChI=1S/C5H10F3NO/c1-2-4(10)9-3-5(6,7)8/h4,9-10H,2-3H2,1H3. The largest absolute Gasteiger partial charge is 0.401 e. The fraction of sp³-hybridized carbons (Fsp3) is 1.00. The van der Waals surface area contributed by atoms with Crippen molar-refractivity contribution in [2.24, 2.45) is 0 Å². The van der Waals surface area contributed by atoms with E-state index in [9.17, 15) is 13.2 Å². The summed E-state index contributed by atoms with van der Waals surface area (Å²) < 4.78 is 34.1. The summed E-state index contributed by atoms with van der Waals surface area (Å²) in [5, 5.41) is 10.5. The molecule has 2 nitrogen and oxygen atoms in total. The summed E-state index contributed by atoms with van der Waals surface area (Å²) in [6, 6.07) is 0. The molecule has 62 valence electrons. The molecule has 0 spiro atoms. The van der Waals surface area contributed by atoms with Crippen LogP contribution in [0.2, 0.25) is 0 Å². The van der Waals surface area contributed by atoms with Gasteiger partial charge >= 0.3 is 6.18 Å². The Morgan fingerprint density at radius 3 is 2.30 bits per heavy atom. The zero-order valence-corrected chi connectivity index (χ0v) is 5.57. The van der Waals surface area contributed by atoms with Crippen LogP contribution in [0.15, 0.2) is 0 Å². The highest BCUT2D eigenvalue weighted by molar-refractivity contribution is 4.56. The molecule has 2 N–H and O–H groups in total. The third-order valence-electron chi connectivity index (χ3n) is 0.925. The van der Waals surface area contributed by atoms with Crippen molar-refractivity contribution < 1.29 is 18.3 Å². The summed E-state index contributed by atoms with van der Waals surface area (Å²) in [7, 11) is 0. The molecule has 0 aliphatic carbocycles. The minimum Gasteiger partial charge on any atom is -0.379 e. The van der Waals surface area contributed by atoms with E-state index < -0.39 is 18.9 Å². The second-order valence-electron chi connectivity index (χ2n) is 1.92. The minimum atomic E-state index is -4.24. The monoisotopic (exact) mass is 157 g/mol.